The molecule has 2 heterocycles. The summed E-state index contributed by atoms with van der Waals surface area (Å²) >= 11 is 0. The highest BCUT2D eigenvalue weighted by Crippen LogP contribution is 2.32. The molecule has 7 nitrogen and oxygen atoms in total. The number of fused-ring (bicyclic) bond motifs is 1. The second-order valence-electron chi connectivity index (χ2n) is 6.31. The van der Waals surface area contributed by atoms with E-state index in [1.165, 1.54) is 0 Å². The molecule has 1 fully saturated rings. The molecule has 0 saturated carbocycles. The van der Waals surface area contributed by atoms with Gasteiger partial charge in [0.05, 0.1) is 7.11 Å². The summed E-state index contributed by atoms with van der Waals surface area (Å²) in [7, 11) is 1.64. The Kier molecular flexibility index (Phi) is 4.64. The van der Waals surface area contributed by atoms with Gasteiger partial charge in [-0.05, 0) is 41.8 Å². The van der Waals surface area contributed by atoms with Gasteiger partial charge in [-0.15, -0.1) is 0 Å². The Morgan fingerprint density at radius 3 is 2.77 bits per heavy atom. The van der Waals surface area contributed by atoms with E-state index in [1.807, 2.05) is 42.5 Å². The Labute approximate surface area is 151 Å². The number of benzene rings is 2. The summed E-state index contributed by atoms with van der Waals surface area (Å²) in [5.74, 6) is 2.24. The van der Waals surface area contributed by atoms with Gasteiger partial charge in [0.15, 0.2) is 11.5 Å². The first-order valence-corrected chi connectivity index (χ1v) is 8.54. The monoisotopic (exact) mass is 355 g/mol. The minimum Gasteiger partial charge on any atom is -0.497 e. The van der Waals surface area contributed by atoms with Gasteiger partial charge in [-0.25, -0.2) is 10.9 Å². The third kappa shape index (κ3) is 3.44. The molecule has 2 aromatic rings. The molecular weight excluding hydrogens is 334 g/mol. The van der Waals surface area contributed by atoms with Gasteiger partial charge in [-0.1, -0.05) is 18.2 Å². The first kappa shape index (κ1) is 16.7. The molecule has 1 saturated heterocycles. The molecule has 2 atom stereocenters. The maximum absolute atomic E-state index is 12.4. The standard InChI is InChI=1S/C19H21N3O4/c1-24-14-5-3-13(4-6-14)15-9-16(22-21-15)19(23)20-10-12-2-7-17-18(8-12)26-11-25-17/h2-8,15-16,21-22H,9-11H2,1H3,(H,20,23). The van der Waals surface area contributed by atoms with E-state index >= 15 is 0 Å². The lowest BCUT2D eigenvalue weighted by Crippen LogP contribution is -2.42. The van der Waals surface area contributed by atoms with Crippen molar-refractivity contribution >= 4 is 5.91 Å². The van der Waals surface area contributed by atoms with Crippen LogP contribution in [0.15, 0.2) is 42.5 Å². The van der Waals surface area contributed by atoms with Crippen LogP contribution in [0.5, 0.6) is 17.2 Å². The lowest BCUT2D eigenvalue weighted by molar-refractivity contribution is -0.123. The second kappa shape index (κ2) is 7.23. The number of methoxy groups -OCH3 is 1. The van der Waals surface area contributed by atoms with Gasteiger partial charge in [0.1, 0.15) is 11.8 Å². The number of amides is 1. The van der Waals surface area contributed by atoms with Crippen LogP contribution in [-0.4, -0.2) is 25.9 Å². The molecule has 0 spiro atoms. The van der Waals surface area contributed by atoms with Crippen LogP contribution in [0.2, 0.25) is 0 Å². The Hall–Kier alpha value is -2.77. The smallest absolute Gasteiger partial charge is 0.238 e. The lowest BCUT2D eigenvalue weighted by atomic mass is 10.0. The highest BCUT2D eigenvalue weighted by atomic mass is 16.7. The molecule has 3 N–H and O–H groups in total. The molecule has 2 aromatic carbocycles. The zero-order chi connectivity index (χ0) is 17.9. The van der Waals surface area contributed by atoms with Gasteiger partial charge in [0.25, 0.3) is 0 Å². The second-order valence-corrected chi connectivity index (χ2v) is 6.31. The fraction of sp³-hybridized carbons (Fsp3) is 0.316. The maximum atomic E-state index is 12.4. The normalized spacial score (nSPS) is 20.8. The summed E-state index contributed by atoms with van der Waals surface area (Å²) in [5.41, 5.74) is 8.35. The minimum atomic E-state index is -0.281. The number of carbonyl (C=O) groups is 1. The van der Waals surface area contributed by atoms with E-state index in [4.69, 9.17) is 14.2 Å². The largest absolute Gasteiger partial charge is 0.497 e. The van der Waals surface area contributed by atoms with Gasteiger partial charge in [0, 0.05) is 12.6 Å². The van der Waals surface area contributed by atoms with Crippen LogP contribution >= 0.6 is 0 Å². The lowest BCUT2D eigenvalue weighted by Gasteiger charge is -2.11. The van der Waals surface area contributed by atoms with Crippen molar-refractivity contribution in [1.29, 1.82) is 0 Å². The van der Waals surface area contributed by atoms with E-state index in [0.717, 1.165) is 28.4 Å². The van der Waals surface area contributed by atoms with Crippen LogP contribution in [-0.2, 0) is 11.3 Å². The molecule has 0 radical (unpaired) electrons. The molecule has 2 unspecified atom stereocenters. The van der Waals surface area contributed by atoms with E-state index < -0.39 is 0 Å². The minimum absolute atomic E-state index is 0.0359. The van der Waals surface area contributed by atoms with Gasteiger partial charge >= 0.3 is 0 Å². The third-order valence-corrected chi connectivity index (χ3v) is 4.64. The predicted molar refractivity (Wildman–Crippen MR) is 94.8 cm³/mol. The van der Waals surface area contributed by atoms with Crippen molar-refractivity contribution in [2.24, 2.45) is 0 Å². The summed E-state index contributed by atoms with van der Waals surface area (Å²) in [5, 5.41) is 2.96. The van der Waals surface area contributed by atoms with Gasteiger partial charge < -0.3 is 19.5 Å². The van der Waals surface area contributed by atoms with E-state index in [9.17, 15) is 4.79 Å². The quantitative estimate of drug-likeness (QED) is 0.757. The fourth-order valence-electron chi connectivity index (χ4n) is 3.15. The first-order chi connectivity index (χ1) is 12.7. The zero-order valence-electron chi connectivity index (χ0n) is 14.5. The topological polar surface area (TPSA) is 80.9 Å². The Morgan fingerprint density at radius 1 is 1.15 bits per heavy atom. The number of rotatable bonds is 5. The van der Waals surface area contributed by atoms with Crippen LogP contribution in [0.1, 0.15) is 23.6 Å². The maximum Gasteiger partial charge on any atom is 0.238 e. The summed E-state index contributed by atoms with van der Waals surface area (Å²) < 4.78 is 15.8. The number of nitrogens with one attached hydrogen (secondary N) is 3. The molecule has 136 valence electrons. The Morgan fingerprint density at radius 2 is 1.96 bits per heavy atom. The molecule has 1 amide bonds. The molecule has 0 aliphatic carbocycles. The number of hydrazine groups is 1. The van der Waals surface area contributed by atoms with Crippen LogP contribution in [0.3, 0.4) is 0 Å². The van der Waals surface area contributed by atoms with Crippen LogP contribution in [0.25, 0.3) is 0 Å². The van der Waals surface area contributed by atoms with Crippen molar-refractivity contribution in [3.63, 3.8) is 0 Å². The molecule has 7 heteroatoms. The molecule has 0 aromatic heterocycles. The summed E-state index contributed by atoms with van der Waals surface area (Å²) in [4.78, 5) is 12.4. The van der Waals surface area contributed by atoms with Gasteiger partial charge in [-0.2, -0.15) is 0 Å². The van der Waals surface area contributed by atoms with E-state index in [0.29, 0.717) is 13.0 Å². The SMILES string of the molecule is COc1ccc(C2CC(C(=O)NCc3ccc4c(c3)OCO4)NN2)cc1. The van der Waals surface area contributed by atoms with Crippen molar-refractivity contribution in [3.8, 4) is 17.2 Å². The fourth-order valence-corrected chi connectivity index (χ4v) is 3.15. The molecule has 0 bridgehead atoms. The average molecular weight is 355 g/mol. The first-order valence-electron chi connectivity index (χ1n) is 8.54. The number of hydrogen-bond acceptors (Lipinski definition) is 6. The summed E-state index contributed by atoms with van der Waals surface area (Å²) in [6.07, 6.45) is 0.680. The highest BCUT2D eigenvalue weighted by molar-refractivity contribution is 5.82. The van der Waals surface area contributed by atoms with Gasteiger partial charge in [-0.3, -0.25) is 4.79 Å². The molecule has 2 aliphatic rings. The number of hydrogen-bond donors (Lipinski definition) is 3. The molecule has 2 aliphatic heterocycles. The molecular formula is C19H21N3O4. The number of ether oxygens (including phenoxy) is 3. The van der Waals surface area contributed by atoms with Crippen LogP contribution in [0, 0.1) is 0 Å². The van der Waals surface area contributed by atoms with Gasteiger partial charge in [0.2, 0.25) is 12.7 Å². The van der Waals surface area contributed by atoms with Crippen LogP contribution < -0.4 is 30.4 Å². The van der Waals surface area contributed by atoms with E-state index in [2.05, 4.69) is 16.2 Å². The van der Waals surface area contributed by atoms with E-state index in [1.54, 1.807) is 7.11 Å². The third-order valence-electron chi connectivity index (χ3n) is 4.64. The highest BCUT2D eigenvalue weighted by Gasteiger charge is 2.30. The Bertz CT molecular complexity index is 794. The number of carbonyl (C=O) groups excluding carboxylic acids is 1. The van der Waals surface area contributed by atoms with Crippen LogP contribution in [0.4, 0.5) is 0 Å². The van der Waals surface area contributed by atoms with Crippen molar-refractivity contribution in [3.05, 3.63) is 53.6 Å². The molecule has 26 heavy (non-hydrogen) atoms. The predicted octanol–water partition coefficient (Wildman–Crippen LogP) is 1.65. The van der Waals surface area contributed by atoms with E-state index in [-0.39, 0.29) is 24.8 Å². The van der Waals surface area contributed by atoms with Crippen molar-refractivity contribution < 1.29 is 19.0 Å². The average Bonchev–Trinajstić information content (AvgIpc) is 3.35. The van der Waals surface area contributed by atoms with Crippen molar-refractivity contribution in [2.75, 3.05) is 13.9 Å². The zero-order valence-corrected chi connectivity index (χ0v) is 14.5. The van der Waals surface area contributed by atoms with Crippen molar-refractivity contribution in [1.82, 2.24) is 16.2 Å². The summed E-state index contributed by atoms with van der Waals surface area (Å²) in [6.45, 7) is 0.691. The molecule has 4 rings (SSSR count). The Balaban J connectivity index is 1.31. The summed E-state index contributed by atoms with van der Waals surface area (Å²) in [6, 6.07) is 13.3. The van der Waals surface area contributed by atoms with Crippen molar-refractivity contribution in [2.45, 2.75) is 25.0 Å².